The van der Waals surface area contributed by atoms with Crippen LogP contribution < -0.4 is 10.6 Å². The van der Waals surface area contributed by atoms with Crippen LogP contribution in [-0.4, -0.2) is 54.1 Å². The number of halogens is 1. The number of nitrogens with one attached hydrogen (secondary N) is 2. The first-order valence-corrected chi connectivity index (χ1v) is 7.58. The first-order chi connectivity index (χ1) is 10.1. The molecule has 0 unspecified atom stereocenters. The summed E-state index contributed by atoms with van der Waals surface area (Å²) < 4.78 is 0.921. The SMILES string of the molecule is O=C(C[C@@H](C(=O)O)N1CCNCC1)Nc1ccc(Br)cc1. The van der Waals surface area contributed by atoms with Gasteiger partial charge >= 0.3 is 5.97 Å². The molecule has 1 saturated heterocycles. The van der Waals surface area contributed by atoms with E-state index in [4.69, 9.17) is 0 Å². The zero-order chi connectivity index (χ0) is 15.2. The van der Waals surface area contributed by atoms with Crippen molar-refractivity contribution in [2.24, 2.45) is 0 Å². The molecule has 1 atom stereocenters. The molecule has 1 heterocycles. The van der Waals surface area contributed by atoms with Crippen molar-refractivity contribution in [1.29, 1.82) is 0 Å². The molecule has 114 valence electrons. The van der Waals surface area contributed by atoms with Crippen molar-refractivity contribution in [3.63, 3.8) is 0 Å². The van der Waals surface area contributed by atoms with Gasteiger partial charge in [0.2, 0.25) is 5.91 Å². The zero-order valence-corrected chi connectivity index (χ0v) is 13.1. The molecule has 21 heavy (non-hydrogen) atoms. The van der Waals surface area contributed by atoms with Gasteiger partial charge < -0.3 is 15.7 Å². The molecule has 1 aliphatic rings. The smallest absolute Gasteiger partial charge is 0.321 e. The van der Waals surface area contributed by atoms with Crippen LogP contribution in [0.15, 0.2) is 28.7 Å². The molecule has 0 bridgehead atoms. The van der Waals surface area contributed by atoms with E-state index >= 15 is 0 Å². The minimum Gasteiger partial charge on any atom is -0.480 e. The third-order valence-electron chi connectivity index (χ3n) is 3.38. The van der Waals surface area contributed by atoms with Gasteiger partial charge in [0.05, 0.1) is 6.42 Å². The average Bonchev–Trinajstić information content (AvgIpc) is 2.48. The van der Waals surface area contributed by atoms with Crippen molar-refractivity contribution in [2.75, 3.05) is 31.5 Å². The summed E-state index contributed by atoms with van der Waals surface area (Å²) in [6.07, 6.45) is -0.0502. The molecule has 0 aromatic heterocycles. The van der Waals surface area contributed by atoms with E-state index in [-0.39, 0.29) is 12.3 Å². The van der Waals surface area contributed by atoms with Crippen LogP contribution in [0.4, 0.5) is 5.69 Å². The highest BCUT2D eigenvalue weighted by Crippen LogP contribution is 2.15. The van der Waals surface area contributed by atoms with Crippen LogP contribution in [0.5, 0.6) is 0 Å². The monoisotopic (exact) mass is 355 g/mol. The number of carbonyl (C=O) groups excluding carboxylic acids is 1. The van der Waals surface area contributed by atoms with E-state index < -0.39 is 12.0 Å². The third kappa shape index (κ3) is 4.80. The van der Waals surface area contributed by atoms with Crippen molar-refractivity contribution in [2.45, 2.75) is 12.5 Å². The Labute approximate surface area is 131 Å². The lowest BCUT2D eigenvalue weighted by Crippen LogP contribution is -2.52. The van der Waals surface area contributed by atoms with Crippen LogP contribution in [-0.2, 0) is 9.59 Å². The topological polar surface area (TPSA) is 81.7 Å². The summed E-state index contributed by atoms with van der Waals surface area (Å²) in [6, 6.07) is 6.40. The van der Waals surface area contributed by atoms with Gasteiger partial charge in [-0.2, -0.15) is 0 Å². The number of nitrogens with zero attached hydrogens (tertiary/aromatic N) is 1. The van der Waals surface area contributed by atoms with Gasteiger partial charge in [0.25, 0.3) is 0 Å². The molecule has 1 aromatic carbocycles. The van der Waals surface area contributed by atoms with Gasteiger partial charge in [-0.15, -0.1) is 0 Å². The lowest BCUT2D eigenvalue weighted by atomic mass is 10.1. The van der Waals surface area contributed by atoms with E-state index in [0.29, 0.717) is 18.8 Å². The normalized spacial score (nSPS) is 17.2. The minimum absolute atomic E-state index is 0.0502. The van der Waals surface area contributed by atoms with Crippen LogP contribution in [0.25, 0.3) is 0 Å². The lowest BCUT2D eigenvalue weighted by molar-refractivity contribution is -0.145. The highest BCUT2D eigenvalue weighted by atomic mass is 79.9. The number of rotatable bonds is 5. The summed E-state index contributed by atoms with van der Waals surface area (Å²) in [5.74, 6) is -1.24. The van der Waals surface area contributed by atoms with E-state index in [1.54, 1.807) is 12.1 Å². The Morgan fingerprint density at radius 1 is 1.29 bits per heavy atom. The van der Waals surface area contributed by atoms with Crippen LogP contribution in [0.2, 0.25) is 0 Å². The summed E-state index contributed by atoms with van der Waals surface area (Å²) in [7, 11) is 0. The van der Waals surface area contributed by atoms with Gasteiger partial charge in [0.1, 0.15) is 6.04 Å². The number of benzene rings is 1. The second-order valence-electron chi connectivity index (χ2n) is 4.90. The van der Waals surface area contributed by atoms with E-state index in [9.17, 15) is 14.7 Å². The Balaban J connectivity index is 1.94. The maximum Gasteiger partial charge on any atom is 0.321 e. The molecule has 3 N–H and O–H groups in total. The van der Waals surface area contributed by atoms with Crippen molar-refractivity contribution in [3.8, 4) is 0 Å². The Kier molecular flexibility index (Phi) is 5.72. The molecule has 0 aliphatic carbocycles. The van der Waals surface area contributed by atoms with Crippen molar-refractivity contribution in [3.05, 3.63) is 28.7 Å². The summed E-state index contributed by atoms with van der Waals surface area (Å²) in [4.78, 5) is 25.2. The summed E-state index contributed by atoms with van der Waals surface area (Å²) in [5.41, 5.74) is 0.660. The standard InChI is InChI=1S/C14H18BrN3O3/c15-10-1-3-11(4-2-10)17-13(19)9-12(14(20)21)18-7-5-16-6-8-18/h1-4,12,16H,5-9H2,(H,17,19)(H,20,21)/t12-/m0/s1. The molecule has 7 heteroatoms. The fourth-order valence-electron chi connectivity index (χ4n) is 2.29. The Bertz CT molecular complexity index is 501. The predicted molar refractivity (Wildman–Crippen MR) is 83.3 cm³/mol. The molecule has 1 aromatic rings. The Morgan fingerprint density at radius 3 is 2.48 bits per heavy atom. The largest absolute Gasteiger partial charge is 0.480 e. The molecule has 0 saturated carbocycles. The van der Waals surface area contributed by atoms with Gasteiger partial charge in [-0.05, 0) is 24.3 Å². The van der Waals surface area contributed by atoms with Crippen molar-refractivity contribution in [1.82, 2.24) is 10.2 Å². The molecule has 6 nitrogen and oxygen atoms in total. The van der Waals surface area contributed by atoms with Crippen LogP contribution >= 0.6 is 15.9 Å². The molecule has 1 fully saturated rings. The highest BCUT2D eigenvalue weighted by Gasteiger charge is 2.28. The molecular weight excluding hydrogens is 338 g/mol. The molecule has 2 rings (SSSR count). The summed E-state index contributed by atoms with van der Waals surface area (Å²) in [6.45, 7) is 2.78. The molecular formula is C14H18BrN3O3. The number of piperazine rings is 1. The van der Waals surface area contributed by atoms with Gasteiger partial charge in [0, 0.05) is 36.3 Å². The fourth-order valence-corrected chi connectivity index (χ4v) is 2.55. The van der Waals surface area contributed by atoms with E-state index in [1.807, 2.05) is 17.0 Å². The van der Waals surface area contributed by atoms with Gasteiger partial charge in [-0.25, -0.2) is 0 Å². The minimum atomic E-state index is -0.956. The highest BCUT2D eigenvalue weighted by molar-refractivity contribution is 9.10. The number of hydrogen-bond donors (Lipinski definition) is 3. The molecule has 0 radical (unpaired) electrons. The van der Waals surface area contributed by atoms with Crippen LogP contribution in [0, 0.1) is 0 Å². The summed E-state index contributed by atoms with van der Waals surface area (Å²) >= 11 is 3.32. The maximum atomic E-state index is 12.0. The lowest BCUT2D eigenvalue weighted by Gasteiger charge is -2.32. The zero-order valence-electron chi connectivity index (χ0n) is 11.5. The molecule has 1 aliphatic heterocycles. The Morgan fingerprint density at radius 2 is 1.90 bits per heavy atom. The number of anilines is 1. The van der Waals surface area contributed by atoms with Gasteiger partial charge in [-0.1, -0.05) is 15.9 Å². The number of carbonyl (C=O) groups is 2. The van der Waals surface area contributed by atoms with Crippen molar-refractivity contribution >= 4 is 33.5 Å². The molecule has 0 spiro atoms. The molecule has 1 amide bonds. The van der Waals surface area contributed by atoms with Crippen molar-refractivity contribution < 1.29 is 14.7 Å². The third-order valence-corrected chi connectivity index (χ3v) is 3.91. The fraction of sp³-hybridized carbons (Fsp3) is 0.429. The Hall–Kier alpha value is -1.44. The summed E-state index contributed by atoms with van der Waals surface area (Å²) in [5, 5.41) is 15.2. The van der Waals surface area contributed by atoms with E-state index in [2.05, 4.69) is 26.6 Å². The second-order valence-corrected chi connectivity index (χ2v) is 5.81. The van der Waals surface area contributed by atoms with Gasteiger partial charge in [-0.3, -0.25) is 14.5 Å². The predicted octanol–water partition coefficient (Wildman–Crippen LogP) is 1.14. The average molecular weight is 356 g/mol. The van der Waals surface area contributed by atoms with Gasteiger partial charge in [0.15, 0.2) is 0 Å². The quantitative estimate of drug-likeness (QED) is 0.737. The number of carboxylic acids is 1. The second kappa shape index (κ2) is 7.53. The van der Waals surface area contributed by atoms with E-state index in [0.717, 1.165) is 17.6 Å². The first kappa shape index (κ1) is 15.9. The number of amides is 1. The number of hydrogen-bond acceptors (Lipinski definition) is 4. The number of carboxylic acid groups (broad SMARTS) is 1. The first-order valence-electron chi connectivity index (χ1n) is 6.79. The number of aliphatic carboxylic acids is 1. The van der Waals surface area contributed by atoms with E-state index in [1.165, 1.54) is 0 Å². The van der Waals surface area contributed by atoms with Crippen LogP contribution in [0.1, 0.15) is 6.42 Å². The maximum absolute atomic E-state index is 12.0. The van der Waals surface area contributed by atoms with Crippen LogP contribution in [0.3, 0.4) is 0 Å².